The zero-order valence-electron chi connectivity index (χ0n) is 12.2. The van der Waals surface area contributed by atoms with E-state index in [9.17, 15) is 4.79 Å². The standard InChI is InChI=1S/C17H17Cl2NOS/c1-12(14-5-3-2-4-6-14)20-17(21)11-22-10-13-7-8-15(18)16(19)9-13/h2-9,12H,10-11H2,1H3,(H,20,21)/t12-/m1/s1. The minimum Gasteiger partial charge on any atom is -0.349 e. The van der Waals surface area contributed by atoms with E-state index in [2.05, 4.69) is 5.32 Å². The molecule has 2 nitrogen and oxygen atoms in total. The van der Waals surface area contributed by atoms with Crippen LogP contribution in [0.5, 0.6) is 0 Å². The molecule has 0 aliphatic heterocycles. The van der Waals surface area contributed by atoms with E-state index in [4.69, 9.17) is 23.2 Å². The molecule has 0 bridgehead atoms. The number of amides is 1. The molecular formula is C17H17Cl2NOS. The average Bonchev–Trinajstić information content (AvgIpc) is 2.51. The minimum atomic E-state index is 0.0132. The molecule has 0 heterocycles. The van der Waals surface area contributed by atoms with E-state index in [0.29, 0.717) is 15.8 Å². The Balaban J connectivity index is 1.77. The number of halogens is 2. The third-order valence-corrected chi connectivity index (χ3v) is 4.91. The second kappa shape index (κ2) is 8.47. The van der Waals surface area contributed by atoms with Crippen molar-refractivity contribution in [1.29, 1.82) is 0 Å². The zero-order chi connectivity index (χ0) is 15.9. The molecule has 1 atom stereocenters. The molecule has 0 aliphatic rings. The van der Waals surface area contributed by atoms with Crippen LogP contribution >= 0.6 is 35.0 Å². The minimum absolute atomic E-state index is 0.0132. The predicted molar refractivity (Wildman–Crippen MR) is 95.6 cm³/mol. The first-order valence-corrected chi connectivity index (χ1v) is 8.83. The van der Waals surface area contributed by atoms with Crippen LogP contribution in [0.1, 0.15) is 24.1 Å². The van der Waals surface area contributed by atoms with Crippen LogP contribution in [0.15, 0.2) is 48.5 Å². The van der Waals surface area contributed by atoms with Gasteiger partial charge in [0, 0.05) is 5.75 Å². The van der Waals surface area contributed by atoms with Gasteiger partial charge < -0.3 is 5.32 Å². The van der Waals surface area contributed by atoms with E-state index < -0.39 is 0 Å². The van der Waals surface area contributed by atoms with Gasteiger partial charge in [-0.15, -0.1) is 11.8 Å². The maximum absolute atomic E-state index is 12.0. The summed E-state index contributed by atoms with van der Waals surface area (Å²) < 4.78 is 0. The van der Waals surface area contributed by atoms with E-state index in [0.717, 1.165) is 16.9 Å². The van der Waals surface area contributed by atoms with Crippen LogP contribution in [0.3, 0.4) is 0 Å². The Morgan fingerprint density at radius 1 is 1.14 bits per heavy atom. The molecule has 2 aromatic carbocycles. The van der Waals surface area contributed by atoms with Crippen LogP contribution < -0.4 is 5.32 Å². The third-order valence-electron chi connectivity index (χ3n) is 3.16. The maximum atomic E-state index is 12.0. The van der Waals surface area contributed by atoms with Crippen LogP contribution in [-0.4, -0.2) is 11.7 Å². The van der Waals surface area contributed by atoms with Crippen molar-refractivity contribution >= 4 is 40.9 Å². The highest BCUT2D eigenvalue weighted by molar-refractivity contribution is 7.99. The van der Waals surface area contributed by atoms with E-state index in [1.165, 1.54) is 0 Å². The lowest BCUT2D eigenvalue weighted by Crippen LogP contribution is -2.28. The summed E-state index contributed by atoms with van der Waals surface area (Å²) >= 11 is 13.4. The quantitative estimate of drug-likeness (QED) is 0.782. The second-order valence-corrected chi connectivity index (χ2v) is 6.74. The summed E-state index contributed by atoms with van der Waals surface area (Å²) in [4.78, 5) is 12.0. The fourth-order valence-electron chi connectivity index (χ4n) is 2.00. The highest BCUT2D eigenvalue weighted by Crippen LogP contribution is 2.24. The summed E-state index contributed by atoms with van der Waals surface area (Å²) in [5, 5.41) is 4.09. The van der Waals surface area contributed by atoms with Gasteiger partial charge >= 0.3 is 0 Å². The van der Waals surface area contributed by atoms with Gasteiger partial charge in [-0.1, -0.05) is 59.6 Å². The first kappa shape index (κ1) is 17.2. The molecule has 0 aliphatic carbocycles. The van der Waals surface area contributed by atoms with Gasteiger partial charge in [0.15, 0.2) is 0 Å². The molecule has 116 valence electrons. The van der Waals surface area contributed by atoms with Crippen molar-refractivity contribution in [2.45, 2.75) is 18.7 Å². The SMILES string of the molecule is C[C@@H](NC(=O)CSCc1ccc(Cl)c(Cl)c1)c1ccccc1. The van der Waals surface area contributed by atoms with Crippen molar-refractivity contribution in [2.75, 3.05) is 5.75 Å². The van der Waals surface area contributed by atoms with Gasteiger partial charge in [-0.25, -0.2) is 0 Å². The number of hydrogen-bond donors (Lipinski definition) is 1. The lowest BCUT2D eigenvalue weighted by molar-refractivity contribution is -0.119. The molecule has 1 N–H and O–H groups in total. The van der Waals surface area contributed by atoms with Crippen molar-refractivity contribution in [3.8, 4) is 0 Å². The fraction of sp³-hybridized carbons (Fsp3) is 0.235. The Morgan fingerprint density at radius 3 is 2.55 bits per heavy atom. The van der Waals surface area contributed by atoms with Gasteiger partial charge in [0.25, 0.3) is 0 Å². The number of nitrogens with one attached hydrogen (secondary N) is 1. The highest BCUT2D eigenvalue weighted by Gasteiger charge is 2.09. The highest BCUT2D eigenvalue weighted by atomic mass is 35.5. The summed E-state index contributed by atoms with van der Waals surface area (Å²) in [7, 11) is 0. The summed E-state index contributed by atoms with van der Waals surface area (Å²) in [5.41, 5.74) is 2.16. The molecule has 22 heavy (non-hydrogen) atoms. The Kier molecular flexibility index (Phi) is 6.62. The Hall–Kier alpha value is -1.16. The van der Waals surface area contributed by atoms with Gasteiger partial charge in [0.1, 0.15) is 0 Å². The summed E-state index contributed by atoms with van der Waals surface area (Å²) in [6.45, 7) is 1.98. The second-order valence-electron chi connectivity index (χ2n) is 4.94. The average molecular weight is 354 g/mol. The Labute approximate surface area is 145 Å². The molecule has 0 saturated carbocycles. The smallest absolute Gasteiger partial charge is 0.230 e. The monoisotopic (exact) mass is 353 g/mol. The van der Waals surface area contributed by atoms with Crippen LogP contribution in [0.4, 0.5) is 0 Å². The van der Waals surface area contributed by atoms with Crippen LogP contribution in [-0.2, 0) is 10.5 Å². The fourth-order valence-corrected chi connectivity index (χ4v) is 3.11. The lowest BCUT2D eigenvalue weighted by atomic mass is 10.1. The molecular weight excluding hydrogens is 337 g/mol. The molecule has 0 aromatic heterocycles. The first-order chi connectivity index (χ1) is 10.6. The van der Waals surface area contributed by atoms with Gasteiger partial charge in [-0.05, 0) is 30.2 Å². The summed E-state index contributed by atoms with van der Waals surface area (Å²) in [6.07, 6.45) is 0. The molecule has 5 heteroatoms. The predicted octanol–water partition coefficient (Wildman–Crippen LogP) is 5.10. The summed E-state index contributed by atoms with van der Waals surface area (Å²) in [5.74, 6) is 1.17. The Morgan fingerprint density at radius 2 is 1.86 bits per heavy atom. The van der Waals surface area contributed by atoms with Crippen LogP contribution in [0.25, 0.3) is 0 Å². The number of thioether (sulfide) groups is 1. The van der Waals surface area contributed by atoms with E-state index in [-0.39, 0.29) is 11.9 Å². The third kappa shape index (κ3) is 5.24. The van der Waals surface area contributed by atoms with Crippen LogP contribution in [0, 0.1) is 0 Å². The molecule has 2 aromatic rings. The maximum Gasteiger partial charge on any atom is 0.230 e. The van der Waals surface area contributed by atoms with Crippen molar-refractivity contribution in [3.05, 3.63) is 69.7 Å². The number of hydrogen-bond acceptors (Lipinski definition) is 2. The van der Waals surface area contributed by atoms with Crippen LogP contribution in [0.2, 0.25) is 10.0 Å². The van der Waals surface area contributed by atoms with Crippen molar-refractivity contribution in [3.63, 3.8) is 0 Å². The first-order valence-electron chi connectivity index (χ1n) is 6.92. The van der Waals surface area contributed by atoms with Crippen molar-refractivity contribution in [1.82, 2.24) is 5.32 Å². The Bertz CT molecular complexity index is 634. The normalized spacial score (nSPS) is 12.0. The van der Waals surface area contributed by atoms with Gasteiger partial charge in [-0.2, -0.15) is 0 Å². The molecule has 0 fully saturated rings. The molecule has 0 spiro atoms. The summed E-state index contributed by atoms with van der Waals surface area (Å²) in [6, 6.07) is 15.5. The van der Waals surface area contributed by atoms with Gasteiger partial charge in [0.05, 0.1) is 21.8 Å². The van der Waals surface area contributed by atoms with Crippen molar-refractivity contribution in [2.24, 2.45) is 0 Å². The number of rotatable bonds is 6. The molecule has 0 radical (unpaired) electrons. The zero-order valence-corrected chi connectivity index (χ0v) is 14.5. The molecule has 0 unspecified atom stereocenters. The van der Waals surface area contributed by atoms with Gasteiger partial charge in [-0.3, -0.25) is 4.79 Å². The largest absolute Gasteiger partial charge is 0.349 e. The van der Waals surface area contributed by atoms with E-state index in [1.54, 1.807) is 17.8 Å². The molecule has 1 amide bonds. The van der Waals surface area contributed by atoms with Crippen molar-refractivity contribution < 1.29 is 4.79 Å². The van der Waals surface area contributed by atoms with Gasteiger partial charge in [0.2, 0.25) is 5.91 Å². The molecule has 2 rings (SSSR count). The number of carbonyl (C=O) groups is 1. The van der Waals surface area contributed by atoms with E-state index >= 15 is 0 Å². The molecule has 0 saturated heterocycles. The number of benzene rings is 2. The van der Waals surface area contributed by atoms with E-state index in [1.807, 2.05) is 49.4 Å². The lowest BCUT2D eigenvalue weighted by Gasteiger charge is -2.14. The number of carbonyl (C=O) groups excluding carboxylic acids is 1. The topological polar surface area (TPSA) is 29.1 Å².